The van der Waals surface area contributed by atoms with Crippen LogP contribution in [0.25, 0.3) is 0 Å². The van der Waals surface area contributed by atoms with Crippen molar-refractivity contribution in [3.63, 3.8) is 0 Å². The van der Waals surface area contributed by atoms with Crippen LogP contribution in [0.4, 0.5) is 0 Å². The van der Waals surface area contributed by atoms with E-state index >= 15 is 0 Å². The van der Waals surface area contributed by atoms with Gasteiger partial charge in [-0.1, -0.05) is 78.9 Å². The fourth-order valence-corrected chi connectivity index (χ4v) is 2.81. The molecule has 0 aromatic heterocycles. The lowest BCUT2D eigenvalue weighted by Gasteiger charge is -2.21. The summed E-state index contributed by atoms with van der Waals surface area (Å²) in [6, 6.07) is 30.3. The van der Waals surface area contributed by atoms with Gasteiger partial charge in [-0.2, -0.15) is 5.06 Å². The van der Waals surface area contributed by atoms with Gasteiger partial charge in [-0.3, -0.25) is 0 Å². The van der Waals surface area contributed by atoms with Crippen LogP contribution in [0.15, 0.2) is 91.0 Å². The van der Waals surface area contributed by atoms with E-state index in [1.807, 2.05) is 71.8 Å². The number of nitrogens with zero attached hydrogens (tertiary/aromatic N) is 1. The first kappa shape index (κ1) is 16.7. The minimum atomic E-state index is -0.0807. The first-order valence-corrected chi connectivity index (χ1v) is 8.68. The number of hydrogen-bond acceptors (Lipinski definition) is 3. The van der Waals surface area contributed by atoms with E-state index in [2.05, 4.69) is 24.3 Å². The number of benzene rings is 3. The van der Waals surface area contributed by atoms with Crippen LogP contribution in [0.3, 0.4) is 0 Å². The Morgan fingerprint density at radius 1 is 0.625 bits per heavy atom. The highest BCUT2D eigenvalue weighted by molar-refractivity contribution is 7.26. The molecule has 0 aliphatic heterocycles. The minimum Gasteiger partial charge on any atom is -0.448 e. The van der Waals surface area contributed by atoms with Gasteiger partial charge in [0.2, 0.25) is 9.03 Å². The van der Waals surface area contributed by atoms with Gasteiger partial charge in [-0.25, -0.2) is 4.62 Å². The molecular formula is C20H20NO2P. The van der Waals surface area contributed by atoms with Crippen molar-refractivity contribution in [2.24, 2.45) is 0 Å². The van der Waals surface area contributed by atoms with Gasteiger partial charge in [-0.15, -0.1) is 0 Å². The molecule has 122 valence electrons. The standard InChI is InChI=1S/C20H20NO2P/c1-4-10-18(11-5-1)16-21(17-19-12-6-2-7-13-19)23-24-22-20-14-8-3-9-15-20/h1-15,24H,16-17H2. The lowest BCUT2D eigenvalue weighted by atomic mass is 10.2. The number of rotatable bonds is 8. The molecule has 0 amide bonds. The Balaban J connectivity index is 1.60. The van der Waals surface area contributed by atoms with Crippen molar-refractivity contribution in [1.82, 2.24) is 5.06 Å². The van der Waals surface area contributed by atoms with E-state index in [1.165, 1.54) is 11.1 Å². The summed E-state index contributed by atoms with van der Waals surface area (Å²) in [5.74, 6) is 0.815. The smallest absolute Gasteiger partial charge is 0.234 e. The predicted molar refractivity (Wildman–Crippen MR) is 98.6 cm³/mol. The van der Waals surface area contributed by atoms with Crippen LogP contribution in [0.2, 0.25) is 0 Å². The fraction of sp³-hybridized carbons (Fsp3) is 0.100. The molecule has 1 unspecified atom stereocenters. The van der Waals surface area contributed by atoms with Crippen molar-refractivity contribution in [3.8, 4) is 5.75 Å². The average molecular weight is 337 g/mol. The summed E-state index contributed by atoms with van der Waals surface area (Å²) >= 11 is 0. The van der Waals surface area contributed by atoms with E-state index in [9.17, 15) is 0 Å². The lowest BCUT2D eigenvalue weighted by Crippen LogP contribution is -2.20. The van der Waals surface area contributed by atoms with Crippen LogP contribution in [-0.4, -0.2) is 5.06 Å². The Hall–Kier alpha value is -2.19. The van der Waals surface area contributed by atoms with E-state index in [0.717, 1.165) is 5.75 Å². The van der Waals surface area contributed by atoms with Crippen molar-refractivity contribution in [1.29, 1.82) is 0 Å². The molecule has 0 saturated carbocycles. The molecule has 0 heterocycles. The summed E-state index contributed by atoms with van der Waals surface area (Å²) in [4.78, 5) is 0. The van der Waals surface area contributed by atoms with Crippen LogP contribution >= 0.6 is 9.03 Å². The summed E-state index contributed by atoms with van der Waals surface area (Å²) in [6.45, 7) is 1.42. The SMILES string of the molecule is c1ccc(CN(Cc2ccccc2)OPOc2ccccc2)cc1. The molecule has 3 rings (SSSR count). The van der Waals surface area contributed by atoms with Gasteiger partial charge in [0.05, 0.1) is 0 Å². The second-order valence-corrected chi connectivity index (χ2v) is 5.91. The first-order chi connectivity index (χ1) is 11.9. The maximum absolute atomic E-state index is 5.89. The van der Waals surface area contributed by atoms with Crippen molar-refractivity contribution in [3.05, 3.63) is 102 Å². The Morgan fingerprint density at radius 2 is 1.08 bits per heavy atom. The molecule has 0 aliphatic carbocycles. The summed E-state index contributed by atoms with van der Waals surface area (Å²) in [6.07, 6.45) is 0. The molecule has 0 saturated heterocycles. The van der Waals surface area contributed by atoms with Crippen molar-refractivity contribution < 1.29 is 9.15 Å². The van der Waals surface area contributed by atoms with E-state index in [1.54, 1.807) is 0 Å². The summed E-state index contributed by atoms with van der Waals surface area (Å²) in [5, 5.41) is 1.94. The van der Waals surface area contributed by atoms with Gasteiger partial charge >= 0.3 is 0 Å². The van der Waals surface area contributed by atoms with Crippen LogP contribution in [0, 0.1) is 0 Å². The predicted octanol–water partition coefficient (Wildman–Crippen LogP) is 5.21. The maximum Gasteiger partial charge on any atom is 0.234 e. The van der Waals surface area contributed by atoms with Crippen molar-refractivity contribution >= 4 is 9.03 Å². The maximum atomic E-state index is 5.89. The van der Waals surface area contributed by atoms with Gasteiger partial charge in [0.15, 0.2) is 0 Å². The zero-order chi connectivity index (χ0) is 16.5. The molecule has 0 N–H and O–H groups in total. The fourth-order valence-electron chi connectivity index (χ4n) is 2.30. The molecule has 0 radical (unpaired) electrons. The van der Waals surface area contributed by atoms with E-state index in [4.69, 9.17) is 9.15 Å². The highest BCUT2D eigenvalue weighted by Gasteiger charge is 2.09. The van der Waals surface area contributed by atoms with Gasteiger partial charge in [0.1, 0.15) is 5.75 Å². The summed E-state index contributed by atoms with van der Waals surface area (Å²) < 4.78 is 11.6. The molecule has 0 fully saturated rings. The third kappa shape index (κ3) is 5.47. The van der Waals surface area contributed by atoms with Crippen LogP contribution in [0.1, 0.15) is 11.1 Å². The van der Waals surface area contributed by atoms with E-state index in [-0.39, 0.29) is 9.03 Å². The Bertz CT molecular complexity index is 666. The van der Waals surface area contributed by atoms with E-state index in [0.29, 0.717) is 13.1 Å². The highest BCUT2D eigenvalue weighted by Crippen LogP contribution is 2.24. The molecule has 0 bridgehead atoms. The number of hydroxylamine groups is 2. The zero-order valence-corrected chi connectivity index (χ0v) is 14.3. The Kier molecular flexibility index (Phi) is 6.38. The molecule has 0 aliphatic rings. The number of hydrogen-bond donors (Lipinski definition) is 0. The normalized spacial score (nSPS) is 11.2. The third-order valence-electron chi connectivity index (χ3n) is 3.47. The third-order valence-corrected chi connectivity index (χ3v) is 4.12. The molecule has 4 heteroatoms. The molecule has 1 atom stereocenters. The summed E-state index contributed by atoms with van der Waals surface area (Å²) in [5.41, 5.74) is 2.41. The Labute approximate surface area is 144 Å². The van der Waals surface area contributed by atoms with Gasteiger partial charge in [-0.05, 0) is 23.3 Å². The van der Waals surface area contributed by atoms with Crippen molar-refractivity contribution in [2.45, 2.75) is 13.1 Å². The molecule has 24 heavy (non-hydrogen) atoms. The molecule has 0 spiro atoms. The van der Waals surface area contributed by atoms with Gasteiger partial charge < -0.3 is 4.52 Å². The largest absolute Gasteiger partial charge is 0.448 e. The minimum absolute atomic E-state index is 0.0807. The molecule has 3 aromatic rings. The molecular weight excluding hydrogens is 317 g/mol. The second-order valence-electron chi connectivity index (χ2n) is 5.36. The average Bonchev–Trinajstić information content (AvgIpc) is 2.64. The second kappa shape index (κ2) is 9.19. The summed E-state index contributed by atoms with van der Waals surface area (Å²) in [7, 11) is -0.0807. The van der Waals surface area contributed by atoms with Gasteiger partial charge in [0.25, 0.3) is 0 Å². The zero-order valence-electron chi connectivity index (χ0n) is 13.3. The van der Waals surface area contributed by atoms with Crippen molar-refractivity contribution in [2.75, 3.05) is 0 Å². The molecule has 3 aromatic carbocycles. The monoisotopic (exact) mass is 337 g/mol. The van der Waals surface area contributed by atoms with Crippen LogP contribution < -0.4 is 4.52 Å². The number of para-hydroxylation sites is 1. The quantitative estimate of drug-likeness (QED) is 0.416. The lowest BCUT2D eigenvalue weighted by molar-refractivity contribution is -0.0675. The van der Waals surface area contributed by atoms with E-state index < -0.39 is 0 Å². The topological polar surface area (TPSA) is 21.7 Å². The molecule has 3 nitrogen and oxygen atoms in total. The Morgan fingerprint density at radius 3 is 1.58 bits per heavy atom. The first-order valence-electron chi connectivity index (χ1n) is 7.87. The highest BCUT2D eigenvalue weighted by atomic mass is 31.1. The van der Waals surface area contributed by atoms with Crippen LogP contribution in [-0.2, 0) is 17.7 Å². The van der Waals surface area contributed by atoms with Crippen LogP contribution in [0.5, 0.6) is 5.75 Å². The van der Waals surface area contributed by atoms with Gasteiger partial charge in [0, 0.05) is 13.1 Å².